The Labute approximate surface area is 89.9 Å². The standard InChI is InChI=1S/C11H20O4/c1-3-10(6-12)5-7-8(13)9(14)11(10,4-2)15-7/h7-9,12-14H,3-6H2,1-2H3. The van der Waals surface area contributed by atoms with Crippen molar-refractivity contribution in [3.63, 3.8) is 0 Å². The summed E-state index contributed by atoms with van der Waals surface area (Å²) in [5.74, 6) is 0. The maximum Gasteiger partial charge on any atom is 0.112 e. The average Bonchev–Trinajstić information content (AvgIpc) is 2.73. The molecule has 2 fully saturated rings. The summed E-state index contributed by atoms with van der Waals surface area (Å²) < 4.78 is 5.77. The van der Waals surface area contributed by atoms with Gasteiger partial charge in [-0.05, 0) is 19.3 Å². The molecular formula is C11H20O4. The van der Waals surface area contributed by atoms with Gasteiger partial charge >= 0.3 is 0 Å². The second-order valence-electron chi connectivity index (χ2n) is 4.83. The summed E-state index contributed by atoms with van der Waals surface area (Å²) in [5, 5.41) is 29.4. The van der Waals surface area contributed by atoms with Gasteiger partial charge in [0.2, 0.25) is 0 Å². The molecule has 15 heavy (non-hydrogen) atoms. The molecule has 2 saturated heterocycles. The van der Waals surface area contributed by atoms with Crippen LogP contribution < -0.4 is 0 Å². The first-order valence-electron chi connectivity index (χ1n) is 5.71. The smallest absolute Gasteiger partial charge is 0.112 e. The first kappa shape index (κ1) is 11.3. The highest BCUT2D eigenvalue weighted by molar-refractivity contribution is 5.17. The summed E-state index contributed by atoms with van der Waals surface area (Å²) in [5.41, 5.74) is -1.13. The maximum atomic E-state index is 10.1. The molecule has 2 aliphatic rings. The van der Waals surface area contributed by atoms with Crippen LogP contribution in [0, 0.1) is 5.41 Å². The third-order valence-corrected chi connectivity index (χ3v) is 4.54. The molecule has 5 unspecified atom stereocenters. The summed E-state index contributed by atoms with van der Waals surface area (Å²) in [7, 11) is 0. The maximum absolute atomic E-state index is 10.1. The molecule has 0 spiro atoms. The van der Waals surface area contributed by atoms with Crippen LogP contribution in [0.4, 0.5) is 0 Å². The molecule has 2 bridgehead atoms. The van der Waals surface area contributed by atoms with Crippen LogP contribution in [-0.2, 0) is 4.74 Å². The fraction of sp³-hybridized carbons (Fsp3) is 1.00. The van der Waals surface area contributed by atoms with Gasteiger partial charge in [0.25, 0.3) is 0 Å². The van der Waals surface area contributed by atoms with Gasteiger partial charge in [0.05, 0.1) is 12.7 Å². The Hall–Kier alpha value is -0.160. The molecule has 4 heteroatoms. The monoisotopic (exact) mass is 216 g/mol. The Balaban J connectivity index is 2.40. The Morgan fingerprint density at radius 1 is 1.27 bits per heavy atom. The molecule has 3 N–H and O–H groups in total. The van der Waals surface area contributed by atoms with Crippen molar-refractivity contribution < 1.29 is 20.1 Å². The quantitative estimate of drug-likeness (QED) is 0.623. The molecule has 0 aromatic heterocycles. The van der Waals surface area contributed by atoms with E-state index in [0.29, 0.717) is 12.8 Å². The molecule has 2 aliphatic heterocycles. The summed E-state index contributed by atoms with van der Waals surface area (Å²) in [6, 6.07) is 0. The van der Waals surface area contributed by atoms with Crippen molar-refractivity contribution in [2.24, 2.45) is 5.41 Å². The van der Waals surface area contributed by atoms with E-state index >= 15 is 0 Å². The van der Waals surface area contributed by atoms with Crippen LogP contribution >= 0.6 is 0 Å². The van der Waals surface area contributed by atoms with E-state index in [2.05, 4.69) is 0 Å². The number of rotatable bonds is 3. The molecule has 2 rings (SSSR count). The SMILES string of the molecule is CCC1(CO)CC2OC1(CC)C(O)C2O. The van der Waals surface area contributed by atoms with Crippen LogP contribution in [0.15, 0.2) is 0 Å². The number of ether oxygens (including phenoxy) is 1. The number of aliphatic hydroxyl groups is 3. The van der Waals surface area contributed by atoms with Gasteiger partial charge in [-0.1, -0.05) is 13.8 Å². The lowest BCUT2D eigenvalue weighted by atomic mass is 9.61. The van der Waals surface area contributed by atoms with Gasteiger partial charge in [-0.15, -0.1) is 0 Å². The number of hydrogen-bond donors (Lipinski definition) is 3. The molecule has 88 valence electrons. The van der Waals surface area contributed by atoms with Crippen molar-refractivity contribution >= 4 is 0 Å². The van der Waals surface area contributed by atoms with Crippen molar-refractivity contribution in [1.29, 1.82) is 0 Å². The fourth-order valence-corrected chi connectivity index (χ4v) is 3.47. The van der Waals surface area contributed by atoms with Gasteiger partial charge in [-0.3, -0.25) is 0 Å². The van der Waals surface area contributed by atoms with Gasteiger partial charge in [-0.25, -0.2) is 0 Å². The topological polar surface area (TPSA) is 69.9 Å². The van der Waals surface area contributed by atoms with Crippen LogP contribution in [-0.4, -0.2) is 45.8 Å². The summed E-state index contributed by atoms with van der Waals surface area (Å²) in [6.07, 6.45) is 0.0522. The minimum Gasteiger partial charge on any atom is -0.396 e. The molecule has 0 aliphatic carbocycles. The normalized spacial score (nSPS) is 53.8. The van der Waals surface area contributed by atoms with E-state index < -0.39 is 17.8 Å². The van der Waals surface area contributed by atoms with Crippen LogP contribution in [0.3, 0.4) is 0 Å². The van der Waals surface area contributed by atoms with E-state index in [1.54, 1.807) is 0 Å². The molecule has 2 heterocycles. The predicted octanol–water partition coefficient (Wildman–Crippen LogP) is 0.0482. The van der Waals surface area contributed by atoms with Gasteiger partial charge in [0.1, 0.15) is 17.8 Å². The number of aliphatic hydroxyl groups excluding tert-OH is 3. The Morgan fingerprint density at radius 2 is 1.93 bits per heavy atom. The van der Waals surface area contributed by atoms with Crippen LogP contribution in [0.25, 0.3) is 0 Å². The first-order chi connectivity index (χ1) is 7.07. The van der Waals surface area contributed by atoms with Crippen LogP contribution in [0.5, 0.6) is 0 Å². The van der Waals surface area contributed by atoms with Gasteiger partial charge in [0.15, 0.2) is 0 Å². The Morgan fingerprint density at radius 3 is 2.33 bits per heavy atom. The molecule has 4 nitrogen and oxygen atoms in total. The summed E-state index contributed by atoms with van der Waals surface area (Å²) in [4.78, 5) is 0. The molecule has 0 aromatic carbocycles. The highest BCUT2D eigenvalue weighted by Crippen LogP contribution is 2.58. The lowest BCUT2D eigenvalue weighted by molar-refractivity contribution is -0.138. The van der Waals surface area contributed by atoms with E-state index in [9.17, 15) is 15.3 Å². The summed E-state index contributed by atoms with van der Waals surface area (Å²) >= 11 is 0. The van der Waals surface area contributed by atoms with Gasteiger partial charge in [-0.2, -0.15) is 0 Å². The average molecular weight is 216 g/mol. The van der Waals surface area contributed by atoms with Crippen molar-refractivity contribution in [2.45, 2.75) is 57.0 Å². The predicted molar refractivity (Wildman–Crippen MR) is 54.3 cm³/mol. The van der Waals surface area contributed by atoms with Crippen LogP contribution in [0.1, 0.15) is 33.1 Å². The van der Waals surface area contributed by atoms with E-state index in [1.807, 2.05) is 13.8 Å². The largest absolute Gasteiger partial charge is 0.396 e. The summed E-state index contributed by atoms with van der Waals surface area (Å²) in [6.45, 7) is 3.94. The van der Waals surface area contributed by atoms with Crippen molar-refractivity contribution in [3.8, 4) is 0 Å². The van der Waals surface area contributed by atoms with Crippen molar-refractivity contribution in [1.82, 2.24) is 0 Å². The first-order valence-corrected chi connectivity index (χ1v) is 5.71. The lowest BCUT2D eigenvalue weighted by Crippen LogP contribution is -2.58. The molecule has 0 saturated carbocycles. The van der Waals surface area contributed by atoms with E-state index in [0.717, 1.165) is 6.42 Å². The van der Waals surface area contributed by atoms with Crippen molar-refractivity contribution in [3.05, 3.63) is 0 Å². The van der Waals surface area contributed by atoms with E-state index in [1.165, 1.54) is 0 Å². The zero-order valence-corrected chi connectivity index (χ0v) is 9.31. The molecular weight excluding hydrogens is 196 g/mol. The third-order valence-electron chi connectivity index (χ3n) is 4.54. The zero-order chi connectivity index (χ0) is 11.3. The number of hydrogen-bond acceptors (Lipinski definition) is 4. The second kappa shape index (κ2) is 3.42. The highest BCUT2D eigenvalue weighted by atomic mass is 16.6. The minimum atomic E-state index is -0.867. The van der Waals surface area contributed by atoms with Gasteiger partial charge < -0.3 is 20.1 Å². The van der Waals surface area contributed by atoms with Crippen LogP contribution in [0.2, 0.25) is 0 Å². The third kappa shape index (κ3) is 1.11. The minimum absolute atomic E-state index is 0.0115. The highest BCUT2D eigenvalue weighted by Gasteiger charge is 2.69. The van der Waals surface area contributed by atoms with Crippen molar-refractivity contribution in [2.75, 3.05) is 6.61 Å². The lowest BCUT2D eigenvalue weighted by Gasteiger charge is -2.46. The van der Waals surface area contributed by atoms with E-state index in [-0.39, 0.29) is 18.1 Å². The van der Waals surface area contributed by atoms with Gasteiger partial charge in [0, 0.05) is 5.41 Å². The fourth-order valence-electron chi connectivity index (χ4n) is 3.47. The number of fused-ring (bicyclic) bond motifs is 2. The van der Waals surface area contributed by atoms with E-state index in [4.69, 9.17) is 4.74 Å². The zero-order valence-electron chi connectivity index (χ0n) is 9.31. The second-order valence-corrected chi connectivity index (χ2v) is 4.83. The molecule has 5 atom stereocenters. The Bertz CT molecular complexity index is 249. The molecule has 0 aromatic rings. The molecule has 0 radical (unpaired) electrons. The molecule has 0 amide bonds. The Kier molecular flexibility index (Phi) is 2.58.